The van der Waals surface area contributed by atoms with Gasteiger partial charge in [-0.3, -0.25) is 9.79 Å². The van der Waals surface area contributed by atoms with Crippen LogP contribution in [0.15, 0.2) is 53.5 Å². The van der Waals surface area contributed by atoms with E-state index in [2.05, 4.69) is 15.3 Å². The maximum Gasteiger partial charge on any atom is 0.251 e. The van der Waals surface area contributed by atoms with E-state index in [1.807, 2.05) is 37.3 Å². The number of carbonyl (C=O) groups is 1. The van der Waals surface area contributed by atoms with Crippen molar-refractivity contribution in [1.82, 2.24) is 10.3 Å². The van der Waals surface area contributed by atoms with Crippen molar-refractivity contribution < 1.29 is 9.90 Å². The van der Waals surface area contributed by atoms with Crippen LogP contribution in [0.4, 0.5) is 5.69 Å². The maximum absolute atomic E-state index is 11.8. The number of hydrogen-bond acceptors (Lipinski definition) is 3. The second-order valence-corrected chi connectivity index (χ2v) is 5.22. The van der Waals surface area contributed by atoms with Gasteiger partial charge < -0.3 is 15.4 Å². The molecule has 1 heterocycles. The summed E-state index contributed by atoms with van der Waals surface area (Å²) in [5.74, 6) is -0.123. The van der Waals surface area contributed by atoms with E-state index in [-0.39, 0.29) is 11.8 Å². The van der Waals surface area contributed by atoms with Crippen LogP contribution < -0.4 is 5.32 Å². The molecule has 1 amide bonds. The van der Waals surface area contributed by atoms with Crippen LogP contribution >= 0.6 is 0 Å². The van der Waals surface area contributed by atoms with Gasteiger partial charge >= 0.3 is 0 Å². The number of H-pyrrole nitrogens is 1. The molecule has 1 aromatic heterocycles. The number of nitrogens with one attached hydrogen (secondary N) is 2. The minimum absolute atomic E-state index is 0.0474. The van der Waals surface area contributed by atoms with Crippen molar-refractivity contribution in [2.45, 2.75) is 6.92 Å². The van der Waals surface area contributed by atoms with Crippen molar-refractivity contribution in [1.29, 1.82) is 0 Å². The predicted octanol–water partition coefficient (Wildman–Crippen LogP) is 3.37. The molecule has 0 spiro atoms. The highest BCUT2D eigenvalue weighted by Crippen LogP contribution is 2.29. The van der Waals surface area contributed by atoms with Gasteiger partial charge in [-0.2, -0.15) is 0 Å². The second-order valence-electron chi connectivity index (χ2n) is 5.22. The Morgan fingerprint density at radius 1 is 1.17 bits per heavy atom. The zero-order valence-electron chi connectivity index (χ0n) is 12.9. The molecule has 0 aliphatic heterocycles. The summed E-state index contributed by atoms with van der Waals surface area (Å²) < 4.78 is 0. The van der Waals surface area contributed by atoms with Gasteiger partial charge in [-0.1, -0.05) is 18.2 Å². The summed E-state index contributed by atoms with van der Waals surface area (Å²) in [6.45, 7) is 1.84. The van der Waals surface area contributed by atoms with Crippen molar-refractivity contribution >= 4 is 28.2 Å². The summed E-state index contributed by atoms with van der Waals surface area (Å²) in [5.41, 5.74) is 3.38. The number of amides is 1. The summed E-state index contributed by atoms with van der Waals surface area (Å²) in [6.07, 6.45) is 0. The highest BCUT2D eigenvalue weighted by Gasteiger charge is 2.15. The Morgan fingerprint density at radius 2 is 1.91 bits per heavy atom. The minimum Gasteiger partial charge on any atom is -0.494 e. The molecule has 5 heteroatoms. The van der Waals surface area contributed by atoms with Crippen molar-refractivity contribution in [3.63, 3.8) is 0 Å². The van der Waals surface area contributed by atoms with Gasteiger partial charge in [-0.25, -0.2) is 0 Å². The smallest absolute Gasteiger partial charge is 0.251 e. The third-order valence-electron chi connectivity index (χ3n) is 3.68. The number of aromatic amines is 1. The third-order valence-corrected chi connectivity index (χ3v) is 3.68. The van der Waals surface area contributed by atoms with Crippen LogP contribution in [0.25, 0.3) is 10.9 Å². The third kappa shape index (κ3) is 2.81. The molecule has 0 atom stereocenters. The number of nitrogens with zero attached hydrogens (tertiary/aromatic N) is 1. The Hall–Kier alpha value is -3.08. The summed E-state index contributed by atoms with van der Waals surface area (Å²) >= 11 is 0. The van der Waals surface area contributed by atoms with Crippen LogP contribution in [0, 0.1) is 0 Å². The van der Waals surface area contributed by atoms with Crippen LogP contribution in [0.2, 0.25) is 0 Å². The number of aliphatic imine (C=N–C) groups is 1. The lowest BCUT2D eigenvalue weighted by Gasteiger charge is -2.03. The molecular weight excluding hydrogens is 290 g/mol. The molecular formula is C18H17N3O2. The van der Waals surface area contributed by atoms with Crippen molar-refractivity contribution in [2.24, 2.45) is 4.99 Å². The van der Waals surface area contributed by atoms with E-state index >= 15 is 0 Å². The van der Waals surface area contributed by atoms with Gasteiger partial charge in [0, 0.05) is 23.5 Å². The van der Waals surface area contributed by atoms with Crippen molar-refractivity contribution in [3.05, 3.63) is 59.7 Å². The molecule has 0 bridgehead atoms. The Morgan fingerprint density at radius 3 is 2.61 bits per heavy atom. The molecule has 5 nitrogen and oxygen atoms in total. The highest BCUT2D eigenvalue weighted by atomic mass is 16.3. The first-order valence-corrected chi connectivity index (χ1v) is 7.27. The highest BCUT2D eigenvalue weighted by molar-refractivity contribution is 6.13. The van der Waals surface area contributed by atoms with E-state index in [1.165, 1.54) is 0 Å². The Bertz CT molecular complexity index is 895. The average Bonchev–Trinajstić information content (AvgIpc) is 2.89. The van der Waals surface area contributed by atoms with E-state index in [9.17, 15) is 9.90 Å². The zero-order chi connectivity index (χ0) is 16.4. The number of para-hydroxylation sites is 1. The van der Waals surface area contributed by atoms with Crippen LogP contribution in [0.1, 0.15) is 22.8 Å². The fraction of sp³-hybridized carbons (Fsp3) is 0.111. The molecule has 0 aliphatic carbocycles. The van der Waals surface area contributed by atoms with E-state index < -0.39 is 0 Å². The number of fused-ring (bicyclic) bond motifs is 1. The molecule has 0 unspecified atom stereocenters. The standard InChI is InChI=1S/C18H17N3O2/c1-11(20-13-6-4-3-5-7-13)16-14-10-12(17(22)19-2)8-9-15(14)21-18(16)23/h3-10,21,23H,1-2H3,(H,19,22). The maximum atomic E-state index is 11.8. The molecule has 3 rings (SSSR count). The Kier molecular flexibility index (Phi) is 3.85. The summed E-state index contributed by atoms with van der Waals surface area (Å²) in [5, 5.41) is 13.6. The number of benzene rings is 2. The van der Waals surface area contributed by atoms with Gasteiger partial charge in [0.25, 0.3) is 5.91 Å². The average molecular weight is 307 g/mol. The number of aromatic nitrogens is 1. The molecule has 116 valence electrons. The lowest BCUT2D eigenvalue weighted by Crippen LogP contribution is -2.17. The van der Waals surface area contributed by atoms with Gasteiger partial charge in [0.1, 0.15) is 0 Å². The number of aromatic hydroxyl groups is 1. The lowest BCUT2D eigenvalue weighted by atomic mass is 10.1. The van der Waals surface area contributed by atoms with Crippen molar-refractivity contribution in [2.75, 3.05) is 7.05 Å². The zero-order valence-corrected chi connectivity index (χ0v) is 12.9. The molecule has 0 saturated heterocycles. The fourth-order valence-corrected chi connectivity index (χ4v) is 2.58. The first-order valence-electron chi connectivity index (χ1n) is 7.27. The van der Waals surface area contributed by atoms with Crippen LogP contribution in [0.3, 0.4) is 0 Å². The van der Waals surface area contributed by atoms with Gasteiger partial charge in [-0.05, 0) is 37.3 Å². The lowest BCUT2D eigenvalue weighted by molar-refractivity contribution is 0.0963. The van der Waals surface area contributed by atoms with Gasteiger partial charge in [0.15, 0.2) is 5.88 Å². The molecule has 0 saturated carbocycles. The van der Waals surface area contributed by atoms with Gasteiger partial charge in [0.05, 0.1) is 17.0 Å². The van der Waals surface area contributed by atoms with Crippen LogP contribution in [0.5, 0.6) is 5.88 Å². The molecule has 0 radical (unpaired) electrons. The normalized spacial score (nSPS) is 11.7. The summed E-state index contributed by atoms with van der Waals surface area (Å²) in [4.78, 5) is 19.3. The number of rotatable bonds is 3. The van der Waals surface area contributed by atoms with E-state index in [4.69, 9.17) is 0 Å². The molecule has 0 fully saturated rings. The minimum atomic E-state index is -0.170. The van der Waals surface area contributed by atoms with E-state index in [1.54, 1.807) is 25.2 Å². The fourth-order valence-electron chi connectivity index (χ4n) is 2.58. The molecule has 3 aromatic rings. The molecule has 2 aromatic carbocycles. The first kappa shape index (κ1) is 14.8. The Balaban J connectivity index is 2.14. The van der Waals surface area contributed by atoms with E-state index in [0.29, 0.717) is 16.8 Å². The molecule has 23 heavy (non-hydrogen) atoms. The first-order chi connectivity index (χ1) is 11.1. The second kappa shape index (κ2) is 5.96. The Labute approximate surface area is 133 Å². The topological polar surface area (TPSA) is 77.5 Å². The predicted molar refractivity (Wildman–Crippen MR) is 91.7 cm³/mol. The summed E-state index contributed by atoms with van der Waals surface area (Å²) in [6, 6.07) is 14.8. The number of hydrogen-bond donors (Lipinski definition) is 3. The largest absolute Gasteiger partial charge is 0.494 e. The SMILES string of the molecule is CNC(=O)c1ccc2[nH]c(O)c(C(C)=Nc3ccccc3)c2c1. The van der Waals surface area contributed by atoms with Crippen LogP contribution in [-0.4, -0.2) is 28.8 Å². The van der Waals surface area contributed by atoms with E-state index in [0.717, 1.165) is 16.6 Å². The summed E-state index contributed by atoms with van der Waals surface area (Å²) in [7, 11) is 1.59. The molecule has 0 aliphatic rings. The van der Waals surface area contributed by atoms with Crippen molar-refractivity contribution in [3.8, 4) is 5.88 Å². The monoisotopic (exact) mass is 307 g/mol. The molecule has 3 N–H and O–H groups in total. The van der Waals surface area contributed by atoms with Gasteiger partial charge in [-0.15, -0.1) is 0 Å². The quantitative estimate of drug-likeness (QED) is 0.649. The van der Waals surface area contributed by atoms with Gasteiger partial charge in [0.2, 0.25) is 0 Å². The number of carbonyl (C=O) groups excluding carboxylic acids is 1. The van der Waals surface area contributed by atoms with Crippen LogP contribution in [-0.2, 0) is 0 Å².